The first-order valence-corrected chi connectivity index (χ1v) is 26.7. The van der Waals surface area contributed by atoms with Crippen molar-refractivity contribution in [3.8, 4) is 0 Å². The number of unbranched alkanes of at least 4 members (excludes halogenated alkanes) is 29. The van der Waals surface area contributed by atoms with E-state index in [4.69, 9.17) is 9.05 Å². The van der Waals surface area contributed by atoms with Crippen molar-refractivity contribution in [2.45, 2.75) is 251 Å². The number of quaternary nitrogens is 1. The van der Waals surface area contributed by atoms with Crippen molar-refractivity contribution in [3.63, 3.8) is 0 Å². The van der Waals surface area contributed by atoms with Gasteiger partial charge in [-0.3, -0.25) is 13.8 Å². The fourth-order valence-corrected chi connectivity index (χ4v) is 8.17. The van der Waals surface area contributed by atoms with Crippen molar-refractivity contribution in [3.05, 3.63) is 24.3 Å². The number of carbonyl (C=O) groups is 1. The number of carbonyl (C=O) groups excluding carboxylic acids is 1. The number of aliphatic hydroxyl groups is 1. The number of allylic oxidation sites excluding steroid dienone is 4. The second kappa shape index (κ2) is 42.3. The van der Waals surface area contributed by atoms with Crippen LogP contribution in [0.5, 0.6) is 0 Å². The third kappa shape index (κ3) is 44.8. The van der Waals surface area contributed by atoms with E-state index in [1.807, 2.05) is 21.1 Å². The van der Waals surface area contributed by atoms with Crippen LogP contribution in [0.3, 0.4) is 0 Å². The summed E-state index contributed by atoms with van der Waals surface area (Å²) in [5, 5.41) is 14.0. The molecule has 0 rings (SSSR count). The lowest BCUT2D eigenvalue weighted by Gasteiger charge is -2.26. The van der Waals surface area contributed by atoms with Gasteiger partial charge in [-0.05, 0) is 44.9 Å². The summed E-state index contributed by atoms with van der Waals surface area (Å²) < 4.78 is 23.7. The summed E-state index contributed by atoms with van der Waals surface area (Å²) in [5.41, 5.74) is 0. The first-order chi connectivity index (χ1) is 28.5. The summed E-state index contributed by atoms with van der Waals surface area (Å²) in [6.07, 6.45) is 50.7. The number of phosphoric acid groups is 1. The van der Waals surface area contributed by atoms with E-state index in [2.05, 4.69) is 43.5 Å². The highest BCUT2D eigenvalue weighted by Gasteiger charge is 2.28. The van der Waals surface area contributed by atoms with Gasteiger partial charge in [-0.15, -0.1) is 0 Å². The summed E-state index contributed by atoms with van der Waals surface area (Å²) in [6.45, 7) is 4.89. The second-order valence-corrected chi connectivity index (χ2v) is 20.0. The van der Waals surface area contributed by atoms with Crippen LogP contribution in [0.25, 0.3) is 0 Å². The molecule has 0 saturated carbocycles. The van der Waals surface area contributed by atoms with E-state index < -0.39 is 20.0 Å². The molecule has 0 saturated heterocycles. The van der Waals surface area contributed by atoms with Crippen LogP contribution in [0.15, 0.2) is 24.3 Å². The quantitative estimate of drug-likeness (QED) is 0.0244. The SMILES string of the molecule is CCCCCCCCCCC/C=C\C/C=C\CCCCCCCCCCCC(=O)NC(COP(=O)(O)OCC[N+](C)(C)C)C(O)CCCCCCCCCCCCCC. The molecule has 350 valence electrons. The van der Waals surface area contributed by atoms with E-state index in [1.165, 1.54) is 167 Å². The Morgan fingerprint density at radius 1 is 0.576 bits per heavy atom. The molecule has 3 atom stereocenters. The second-order valence-electron chi connectivity index (χ2n) is 18.5. The zero-order valence-electron chi connectivity index (χ0n) is 39.8. The van der Waals surface area contributed by atoms with E-state index in [1.54, 1.807) is 0 Å². The molecule has 59 heavy (non-hydrogen) atoms. The lowest BCUT2D eigenvalue weighted by Crippen LogP contribution is -2.46. The van der Waals surface area contributed by atoms with Crippen LogP contribution in [-0.4, -0.2) is 73.4 Å². The number of amides is 1. The molecule has 0 fully saturated rings. The molecule has 0 aromatic carbocycles. The van der Waals surface area contributed by atoms with E-state index >= 15 is 0 Å². The van der Waals surface area contributed by atoms with Crippen LogP contribution < -0.4 is 5.32 Å². The first kappa shape index (κ1) is 58.0. The molecule has 0 aromatic rings. The Balaban J connectivity index is 4.17. The standard InChI is InChI=1S/C50H99N2O6P/c1-6-8-10-12-14-16-18-20-21-22-23-24-25-26-27-28-29-30-31-32-34-36-38-40-42-44-50(54)51-48(47-58-59(55,56)57-46-45-52(3,4)5)49(53)43-41-39-37-35-33-19-17-15-13-11-9-7-2/h23-24,26-27,48-49,53H,6-22,25,28-47H2,1-5H3,(H-,51,54,55,56)/p+1/b24-23-,27-26-. The average Bonchev–Trinajstić information content (AvgIpc) is 3.19. The van der Waals surface area contributed by atoms with Gasteiger partial charge in [0.15, 0.2) is 0 Å². The molecule has 1 amide bonds. The molecule has 0 heterocycles. The molecular formula is C50H100N2O6P+. The van der Waals surface area contributed by atoms with Crippen LogP contribution in [0.4, 0.5) is 0 Å². The highest BCUT2D eigenvalue weighted by atomic mass is 31.2. The van der Waals surface area contributed by atoms with Crippen molar-refractivity contribution < 1.29 is 32.9 Å². The molecule has 9 heteroatoms. The van der Waals surface area contributed by atoms with Crippen LogP contribution >= 0.6 is 7.82 Å². The molecular weight excluding hydrogens is 756 g/mol. The number of phosphoric ester groups is 1. The Labute approximate surface area is 366 Å². The monoisotopic (exact) mass is 856 g/mol. The van der Waals surface area contributed by atoms with Crippen LogP contribution in [0, 0.1) is 0 Å². The topological polar surface area (TPSA) is 105 Å². The number of likely N-dealkylation sites (N-methyl/N-ethyl adjacent to an activating group) is 1. The van der Waals surface area contributed by atoms with Crippen LogP contribution in [0.2, 0.25) is 0 Å². The lowest BCUT2D eigenvalue weighted by molar-refractivity contribution is -0.870. The molecule has 0 radical (unpaired) electrons. The van der Waals surface area contributed by atoms with E-state index in [-0.39, 0.29) is 19.1 Å². The van der Waals surface area contributed by atoms with Gasteiger partial charge in [0.05, 0.1) is 39.9 Å². The van der Waals surface area contributed by atoms with E-state index in [0.29, 0.717) is 23.9 Å². The Morgan fingerprint density at radius 2 is 0.966 bits per heavy atom. The van der Waals surface area contributed by atoms with E-state index in [9.17, 15) is 19.4 Å². The predicted molar refractivity (Wildman–Crippen MR) is 254 cm³/mol. The van der Waals surface area contributed by atoms with Gasteiger partial charge in [0.1, 0.15) is 13.2 Å². The maximum atomic E-state index is 12.9. The lowest BCUT2D eigenvalue weighted by atomic mass is 10.0. The molecule has 0 aliphatic heterocycles. The third-order valence-corrected chi connectivity index (χ3v) is 12.4. The van der Waals surface area contributed by atoms with Gasteiger partial charge < -0.3 is 19.8 Å². The van der Waals surface area contributed by atoms with Crippen molar-refractivity contribution >= 4 is 13.7 Å². The average molecular weight is 856 g/mol. The number of nitrogens with one attached hydrogen (secondary N) is 1. The molecule has 3 unspecified atom stereocenters. The summed E-state index contributed by atoms with van der Waals surface area (Å²) in [7, 11) is 1.62. The van der Waals surface area contributed by atoms with Gasteiger partial charge in [0, 0.05) is 6.42 Å². The first-order valence-electron chi connectivity index (χ1n) is 25.2. The minimum atomic E-state index is -4.31. The maximum Gasteiger partial charge on any atom is 0.472 e. The molecule has 0 aliphatic carbocycles. The van der Waals surface area contributed by atoms with Gasteiger partial charge in [-0.25, -0.2) is 4.57 Å². The maximum absolute atomic E-state index is 12.9. The zero-order valence-corrected chi connectivity index (χ0v) is 40.7. The Morgan fingerprint density at radius 3 is 1.39 bits per heavy atom. The largest absolute Gasteiger partial charge is 0.472 e. The van der Waals surface area contributed by atoms with Gasteiger partial charge in [-0.2, -0.15) is 0 Å². The minimum absolute atomic E-state index is 0.0745. The molecule has 0 bridgehead atoms. The molecule has 0 aromatic heterocycles. The normalized spacial score (nSPS) is 14.4. The summed E-state index contributed by atoms with van der Waals surface area (Å²) >= 11 is 0. The highest BCUT2D eigenvalue weighted by molar-refractivity contribution is 7.47. The summed E-state index contributed by atoms with van der Waals surface area (Å²) in [4.78, 5) is 23.2. The predicted octanol–water partition coefficient (Wildman–Crippen LogP) is 14.5. The van der Waals surface area contributed by atoms with Crippen LogP contribution in [0.1, 0.15) is 239 Å². The van der Waals surface area contributed by atoms with Crippen molar-refractivity contribution in [1.82, 2.24) is 5.32 Å². The number of rotatable bonds is 46. The smallest absolute Gasteiger partial charge is 0.391 e. The number of hydrogen-bond donors (Lipinski definition) is 3. The number of aliphatic hydroxyl groups excluding tert-OH is 1. The zero-order chi connectivity index (χ0) is 43.6. The molecule has 3 N–H and O–H groups in total. The van der Waals surface area contributed by atoms with Gasteiger partial charge >= 0.3 is 7.82 Å². The van der Waals surface area contributed by atoms with Gasteiger partial charge in [-0.1, -0.05) is 212 Å². The molecule has 0 aliphatic rings. The Kier molecular flexibility index (Phi) is 41.6. The molecule has 0 spiro atoms. The van der Waals surface area contributed by atoms with E-state index in [0.717, 1.165) is 44.9 Å². The number of hydrogen-bond acceptors (Lipinski definition) is 5. The van der Waals surface area contributed by atoms with Gasteiger partial charge in [0.25, 0.3) is 0 Å². The minimum Gasteiger partial charge on any atom is -0.391 e. The van der Waals surface area contributed by atoms with Crippen molar-refractivity contribution in [2.24, 2.45) is 0 Å². The highest BCUT2D eigenvalue weighted by Crippen LogP contribution is 2.43. The fourth-order valence-electron chi connectivity index (χ4n) is 7.43. The van der Waals surface area contributed by atoms with Gasteiger partial charge in [0.2, 0.25) is 5.91 Å². The summed E-state index contributed by atoms with van der Waals surface area (Å²) in [6, 6.07) is -0.760. The van der Waals surface area contributed by atoms with Crippen LogP contribution in [-0.2, 0) is 18.4 Å². The number of nitrogens with zero attached hydrogens (tertiary/aromatic N) is 1. The molecule has 8 nitrogen and oxygen atoms in total. The van der Waals surface area contributed by atoms with Crippen molar-refractivity contribution in [2.75, 3.05) is 40.9 Å². The van der Waals surface area contributed by atoms with Crippen molar-refractivity contribution in [1.29, 1.82) is 0 Å². The summed E-state index contributed by atoms with van der Waals surface area (Å²) in [5.74, 6) is -0.148. The Hall–Kier alpha value is -1.02. The fraction of sp³-hybridized carbons (Fsp3) is 0.900. The third-order valence-electron chi connectivity index (χ3n) is 11.5. The Bertz CT molecular complexity index is 1020.